The van der Waals surface area contributed by atoms with Gasteiger partial charge in [0.25, 0.3) is 0 Å². The van der Waals surface area contributed by atoms with Gasteiger partial charge in [-0.3, -0.25) is 0 Å². The molecule has 0 nitrogen and oxygen atoms in total. The molecule has 242 valence electrons. The summed E-state index contributed by atoms with van der Waals surface area (Å²) in [5.41, 5.74) is 0. The van der Waals surface area contributed by atoms with Crippen LogP contribution < -0.4 is 0 Å². The predicted molar refractivity (Wildman–Crippen MR) is 191 cm³/mol. The molecular formula is C37H76Se3. The zero-order valence-corrected chi connectivity index (χ0v) is 33.3. The quantitative estimate of drug-likeness (QED) is 0.0441. The van der Waals surface area contributed by atoms with Crippen molar-refractivity contribution in [3.05, 3.63) is 0 Å². The molecule has 0 saturated carbocycles. The van der Waals surface area contributed by atoms with Gasteiger partial charge in [0.05, 0.1) is 0 Å². The van der Waals surface area contributed by atoms with E-state index in [4.69, 9.17) is 0 Å². The van der Waals surface area contributed by atoms with Gasteiger partial charge in [-0.25, -0.2) is 0 Å². The Morgan fingerprint density at radius 3 is 0.625 bits per heavy atom. The van der Waals surface area contributed by atoms with Gasteiger partial charge in [0.15, 0.2) is 0 Å². The van der Waals surface area contributed by atoms with Gasteiger partial charge in [0, 0.05) is 0 Å². The molecule has 0 spiro atoms. The zero-order chi connectivity index (χ0) is 29.0. The number of rotatable bonds is 36. The summed E-state index contributed by atoms with van der Waals surface area (Å²) in [6.45, 7) is 6.97. The Labute approximate surface area is 275 Å². The molecule has 0 amide bonds. The van der Waals surface area contributed by atoms with Gasteiger partial charge in [0.1, 0.15) is 0 Å². The normalized spacial score (nSPS) is 11.7. The first-order valence-corrected chi connectivity index (χ1v) is 25.3. The molecule has 0 bridgehead atoms. The minimum atomic E-state index is 0.969. The monoisotopic (exact) mass is 760 g/mol. The summed E-state index contributed by atoms with van der Waals surface area (Å²) in [6.07, 6.45) is 44.7. The van der Waals surface area contributed by atoms with Crippen molar-refractivity contribution >= 4 is 44.9 Å². The van der Waals surface area contributed by atoms with E-state index < -0.39 is 0 Å². The van der Waals surface area contributed by atoms with Gasteiger partial charge in [-0.15, -0.1) is 0 Å². The Morgan fingerprint density at radius 2 is 0.425 bits per heavy atom. The van der Waals surface area contributed by atoms with Crippen LogP contribution in [-0.4, -0.2) is 44.9 Å². The maximum atomic E-state index is 2.32. The third-order valence-electron chi connectivity index (χ3n) is 8.26. The van der Waals surface area contributed by atoms with E-state index in [0.717, 1.165) is 44.9 Å². The summed E-state index contributed by atoms with van der Waals surface area (Å²) < 4.78 is 1.23. The van der Waals surface area contributed by atoms with Crippen molar-refractivity contribution < 1.29 is 0 Å². The van der Waals surface area contributed by atoms with Crippen molar-refractivity contribution in [3.63, 3.8) is 0 Å². The summed E-state index contributed by atoms with van der Waals surface area (Å²) in [5.74, 6) is 0. The first-order valence-electron chi connectivity index (χ1n) is 18.7. The molecule has 0 radical (unpaired) electrons. The second-order valence-corrected chi connectivity index (χ2v) is 24.6. The van der Waals surface area contributed by atoms with Crippen LogP contribution in [-0.2, 0) is 0 Å². The van der Waals surface area contributed by atoms with Crippen molar-refractivity contribution in [2.75, 3.05) is 0 Å². The van der Waals surface area contributed by atoms with Crippen LogP contribution in [0.2, 0.25) is 18.6 Å². The van der Waals surface area contributed by atoms with E-state index in [1.165, 1.54) is 176 Å². The second-order valence-electron chi connectivity index (χ2n) is 12.4. The fourth-order valence-electron chi connectivity index (χ4n) is 5.45. The summed E-state index contributed by atoms with van der Waals surface area (Å²) in [7, 11) is 0. The van der Waals surface area contributed by atoms with Gasteiger partial charge in [-0.05, 0) is 0 Å². The average molecular weight is 758 g/mol. The third-order valence-corrected chi connectivity index (χ3v) is 22.2. The van der Waals surface area contributed by atoms with Crippen molar-refractivity contribution in [2.24, 2.45) is 0 Å². The van der Waals surface area contributed by atoms with E-state index >= 15 is 0 Å². The van der Waals surface area contributed by atoms with E-state index in [0.29, 0.717) is 0 Å². The van der Waals surface area contributed by atoms with Crippen LogP contribution in [0.1, 0.15) is 213 Å². The average Bonchev–Trinajstić information content (AvgIpc) is 2.97. The molecule has 0 aliphatic carbocycles. The molecule has 0 rings (SSSR count). The molecule has 0 aliphatic heterocycles. The van der Waals surface area contributed by atoms with Crippen LogP contribution in [0.3, 0.4) is 0 Å². The summed E-state index contributed by atoms with van der Waals surface area (Å²) >= 11 is 2.91. The van der Waals surface area contributed by atoms with Crippen LogP contribution in [0.4, 0.5) is 0 Å². The fourth-order valence-corrected chi connectivity index (χ4v) is 19.0. The number of unbranched alkanes of at least 4 members (excludes halogenated alkanes) is 27. The third kappa shape index (κ3) is 35.8. The predicted octanol–water partition coefficient (Wildman–Crippen LogP) is 13.8. The van der Waals surface area contributed by atoms with Crippen molar-refractivity contribution in [2.45, 2.75) is 232 Å². The Morgan fingerprint density at radius 1 is 0.250 bits per heavy atom. The molecular weight excluding hydrogens is 681 g/mol. The van der Waals surface area contributed by atoms with E-state index in [-0.39, 0.29) is 0 Å². The van der Waals surface area contributed by atoms with Crippen molar-refractivity contribution in [1.29, 1.82) is 0 Å². The minimum absolute atomic E-state index is 0.969. The first kappa shape index (κ1) is 41.6. The molecule has 0 aromatic rings. The van der Waals surface area contributed by atoms with Crippen molar-refractivity contribution in [3.8, 4) is 0 Å². The SMILES string of the molecule is CCCCCCCCCCCC[Se]C([Se]CCCCCCCCCCCC)[Se]CCCCCCCCCCCC. The first-order chi connectivity index (χ1) is 19.8. The van der Waals surface area contributed by atoms with E-state index in [2.05, 4.69) is 20.8 Å². The molecule has 0 aliphatic rings. The molecule has 3 heteroatoms. The molecule has 0 saturated heterocycles. The van der Waals surface area contributed by atoms with E-state index in [1.807, 2.05) is 0 Å². The van der Waals surface area contributed by atoms with Gasteiger partial charge in [-0.1, -0.05) is 0 Å². The summed E-state index contributed by atoms with van der Waals surface area (Å²) in [5, 5.41) is 4.81. The topological polar surface area (TPSA) is 0 Å². The number of hydrogen-bond donors (Lipinski definition) is 0. The zero-order valence-electron chi connectivity index (χ0n) is 28.1. The van der Waals surface area contributed by atoms with Gasteiger partial charge in [-0.2, -0.15) is 0 Å². The Balaban J connectivity index is 3.89. The molecule has 0 aromatic heterocycles. The number of hydrogen-bond acceptors (Lipinski definition) is 0. The van der Waals surface area contributed by atoms with Crippen LogP contribution in [0.15, 0.2) is 0 Å². The summed E-state index contributed by atoms with van der Waals surface area (Å²) in [4.78, 5) is 0. The molecule has 0 atom stereocenters. The van der Waals surface area contributed by atoms with Gasteiger partial charge in [0.2, 0.25) is 0 Å². The Kier molecular flexibility index (Phi) is 40.1. The van der Waals surface area contributed by atoms with Crippen LogP contribution >= 0.6 is 0 Å². The van der Waals surface area contributed by atoms with Crippen LogP contribution in [0.25, 0.3) is 0 Å². The molecule has 0 fully saturated rings. The molecule has 0 aromatic carbocycles. The van der Waals surface area contributed by atoms with E-state index in [1.54, 1.807) is 35.2 Å². The standard InChI is InChI=1S/C37H76Se3/c1-4-7-10-13-16-19-22-25-28-31-34-38-37(39-35-32-29-26-23-20-17-14-11-8-5-2)40-36-33-30-27-24-21-18-15-12-9-6-3/h37H,4-36H2,1-3H3. The summed E-state index contributed by atoms with van der Waals surface area (Å²) in [6, 6.07) is 0. The Hall–Kier alpha value is 1.56. The second kappa shape index (κ2) is 38.6. The Bertz CT molecular complexity index is 366. The van der Waals surface area contributed by atoms with Gasteiger partial charge >= 0.3 is 277 Å². The fraction of sp³-hybridized carbons (Fsp3) is 1.00. The van der Waals surface area contributed by atoms with E-state index in [9.17, 15) is 0 Å². The molecule has 0 unspecified atom stereocenters. The molecule has 0 heterocycles. The van der Waals surface area contributed by atoms with Crippen molar-refractivity contribution in [1.82, 2.24) is 0 Å². The van der Waals surface area contributed by atoms with Gasteiger partial charge < -0.3 is 0 Å². The van der Waals surface area contributed by atoms with Crippen LogP contribution in [0, 0.1) is 0 Å². The molecule has 0 N–H and O–H groups in total. The molecule has 40 heavy (non-hydrogen) atoms. The maximum absolute atomic E-state index is 2.32. The van der Waals surface area contributed by atoms with Crippen LogP contribution in [0.5, 0.6) is 0 Å².